The third-order valence-corrected chi connectivity index (χ3v) is 0.475. The van der Waals surface area contributed by atoms with E-state index in [0.29, 0.717) is 12.9 Å². The minimum absolute atomic E-state index is 0.173. The number of carbonyl (C=O) groups excluding carboxylic acids is 1. The van der Waals surface area contributed by atoms with Crippen molar-refractivity contribution in [3.8, 4) is 0 Å². The first-order valence-corrected chi connectivity index (χ1v) is 2.05. The largest absolute Gasteiger partial charge is 0.468 e. The molecule has 0 heterocycles. The van der Waals surface area contributed by atoms with Gasteiger partial charge in [-0.2, -0.15) is 0 Å². The molecule has 0 saturated carbocycles. The van der Waals surface area contributed by atoms with E-state index in [1.54, 1.807) is 0 Å². The van der Waals surface area contributed by atoms with Crippen LogP contribution >= 0.6 is 0 Å². The van der Waals surface area contributed by atoms with Crippen LogP contribution in [0.1, 0.15) is 6.42 Å². The van der Waals surface area contributed by atoms with Crippen molar-refractivity contribution in [2.45, 2.75) is 6.42 Å². The summed E-state index contributed by atoms with van der Waals surface area (Å²) in [7, 11) is 0. The SMILES string of the molecule is [O]CCCOC=O. The minimum Gasteiger partial charge on any atom is -0.468 e. The summed E-state index contributed by atoms with van der Waals surface area (Å²) in [5, 5.41) is 9.61. The van der Waals surface area contributed by atoms with Crippen molar-refractivity contribution in [3.63, 3.8) is 0 Å². The summed E-state index contributed by atoms with van der Waals surface area (Å²) in [5.41, 5.74) is 0. The summed E-state index contributed by atoms with van der Waals surface area (Å²) in [6.45, 7) is 0.427. The molecule has 3 nitrogen and oxygen atoms in total. The molecule has 0 spiro atoms. The van der Waals surface area contributed by atoms with Crippen LogP contribution in [0.3, 0.4) is 0 Å². The summed E-state index contributed by atoms with van der Waals surface area (Å²) >= 11 is 0. The van der Waals surface area contributed by atoms with Crippen molar-refractivity contribution in [2.24, 2.45) is 0 Å². The van der Waals surface area contributed by atoms with Gasteiger partial charge in [-0.15, -0.1) is 0 Å². The van der Waals surface area contributed by atoms with Gasteiger partial charge in [0.05, 0.1) is 13.2 Å². The van der Waals surface area contributed by atoms with E-state index in [0.717, 1.165) is 0 Å². The van der Waals surface area contributed by atoms with Gasteiger partial charge in [-0.25, -0.2) is 5.11 Å². The zero-order valence-corrected chi connectivity index (χ0v) is 3.92. The molecule has 0 rings (SSSR count). The summed E-state index contributed by atoms with van der Waals surface area (Å²) in [6, 6.07) is 0. The Labute approximate surface area is 41.9 Å². The highest BCUT2D eigenvalue weighted by molar-refractivity contribution is 5.36. The molecular weight excluding hydrogens is 96.0 g/mol. The number of hydrogen-bond donors (Lipinski definition) is 0. The quantitative estimate of drug-likeness (QED) is 0.371. The second-order valence-electron chi connectivity index (χ2n) is 1.02. The Morgan fingerprint density at radius 1 is 1.57 bits per heavy atom. The van der Waals surface area contributed by atoms with Gasteiger partial charge in [-0.1, -0.05) is 0 Å². The molecule has 0 fully saturated rings. The standard InChI is InChI=1S/C4H7O3/c5-2-1-3-7-4-6/h4H,1-3H2. The normalized spacial score (nSPS) is 8.14. The third kappa shape index (κ3) is 5.43. The maximum atomic E-state index is 9.61. The first kappa shape index (κ1) is 6.43. The maximum absolute atomic E-state index is 9.61. The van der Waals surface area contributed by atoms with E-state index in [-0.39, 0.29) is 13.2 Å². The number of rotatable bonds is 4. The van der Waals surface area contributed by atoms with E-state index in [9.17, 15) is 9.90 Å². The van der Waals surface area contributed by atoms with Crippen LogP contribution in [0.5, 0.6) is 0 Å². The number of hydrogen-bond acceptors (Lipinski definition) is 2. The summed E-state index contributed by atoms with van der Waals surface area (Å²) in [6.07, 6.45) is 0.415. The predicted molar refractivity (Wildman–Crippen MR) is 22.2 cm³/mol. The van der Waals surface area contributed by atoms with E-state index in [2.05, 4.69) is 4.74 Å². The highest BCUT2D eigenvalue weighted by atomic mass is 16.5. The van der Waals surface area contributed by atoms with Crippen LogP contribution in [-0.4, -0.2) is 19.7 Å². The van der Waals surface area contributed by atoms with Crippen molar-refractivity contribution >= 4 is 6.47 Å². The van der Waals surface area contributed by atoms with E-state index in [1.165, 1.54) is 0 Å². The molecule has 0 aliphatic rings. The van der Waals surface area contributed by atoms with Gasteiger partial charge < -0.3 is 4.74 Å². The van der Waals surface area contributed by atoms with Crippen molar-refractivity contribution in [1.29, 1.82) is 0 Å². The van der Waals surface area contributed by atoms with Gasteiger partial charge in [0.2, 0.25) is 0 Å². The average molecular weight is 103 g/mol. The summed E-state index contributed by atoms with van der Waals surface area (Å²) in [4.78, 5) is 9.36. The Hall–Kier alpha value is -0.570. The highest BCUT2D eigenvalue weighted by Gasteiger charge is 1.80. The second kappa shape index (κ2) is 5.43. The second-order valence-corrected chi connectivity index (χ2v) is 1.02. The van der Waals surface area contributed by atoms with Crippen molar-refractivity contribution in [2.75, 3.05) is 13.2 Å². The molecule has 0 aromatic carbocycles. The van der Waals surface area contributed by atoms with Crippen LogP contribution in [0.2, 0.25) is 0 Å². The fourth-order valence-electron chi connectivity index (χ4n) is 0.190. The smallest absolute Gasteiger partial charge is 0.293 e. The molecule has 0 amide bonds. The van der Waals surface area contributed by atoms with Crippen LogP contribution in [0.15, 0.2) is 0 Å². The van der Waals surface area contributed by atoms with Gasteiger partial charge in [0.25, 0.3) is 6.47 Å². The monoisotopic (exact) mass is 103 g/mol. The molecule has 41 valence electrons. The van der Waals surface area contributed by atoms with Crippen LogP contribution in [0, 0.1) is 0 Å². The third-order valence-electron chi connectivity index (χ3n) is 0.475. The molecule has 0 unspecified atom stereocenters. The fraction of sp³-hybridized carbons (Fsp3) is 0.750. The van der Waals surface area contributed by atoms with Gasteiger partial charge in [0.1, 0.15) is 0 Å². The molecule has 0 aliphatic carbocycles. The van der Waals surface area contributed by atoms with E-state index < -0.39 is 0 Å². The molecule has 3 heteroatoms. The molecule has 0 saturated heterocycles. The molecule has 7 heavy (non-hydrogen) atoms. The van der Waals surface area contributed by atoms with E-state index >= 15 is 0 Å². The lowest BCUT2D eigenvalue weighted by Gasteiger charge is -1.89. The molecule has 0 atom stereocenters. The lowest BCUT2D eigenvalue weighted by atomic mass is 10.5. The zero-order valence-electron chi connectivity index (χ0n) is 3.92. The average Bonchev–Trinajstić information content (AvgIpc) is 1.69. The summed E-state index contributed by atoms with van der Waals surface area (Å²) < 4.78 is 4.19. The van der Waals surface area contributed by atoms with Gasteiger partial charge in [-0.05, 0) is 0 Å². The molecule has 0 aliphatic heterocycles. The van der Waals surface area contributed by atoms with Crippen molar-refractivity contribution < 1.29 is 14.6 Å². The molecule has 0 aromatic rings. The van der Waals surface area contributed by atoms with Gasteiger partial charge in [-0.3, -0.25) is 4.79 Å². The van der Waals surface area contributed by atoms with Crippen LogP contribution in [0.25, 0.3) is 0 Å². The van der Waals surface area contributed by atoms with Gasteiger partial charge in [0.15, 0.2) is 0 Å². The van der Waals surface area contributed by atoms with E-state index in [1.807, 2.05) is 0 Å². The molecule has 0 bridgehead atoms. The molecule has 1 radical (unpaired) electrons. The molecule has 0 aromatic heterocycles. The van der Waals surface area contributed by atoms with Crippen molar-refractivity contribution in [3.05, 3.63) is 0 Å². The van der Waals surface area contributed by atoms with Crippen molar-refractivity contribution in [1.82, 2.24) is 0 Å². The van der Waals surface area contributed by atoms with Gasteiger partial charge >= 0.3 is 0 Å². The first-order valence-electron chi connectivity index (χ1n) is 2.05. The first-order chi connectivity index (χ1) is 3.41. The minimum atomic E-state index is -0.173. The van der Waals surface area contributed by atoms with E-state index in [4.69, 9.17) is 0 Å². The molecule has 0 N–H and O–H groups in total. The summed E-state index contributed by atoms with van der Waals surface area (Å²) in [5.74, 6) is 0. The predicted octanol–water partition coefficient (Wildman–Crippen LogP) is -0.0200. The lowest BCUT2D eigenvalue weighted by molar-refractivity contribution is -0.129. The Morgan fingerprint density at radius 2 is 2.29 bits per heavy atom. The molecular formula is C4H7O3. The Kier molecular flexibility index (Phi) is 4.99. The van der Waals surface area contributed by atoms with Gasteiger partial charge in [0, 0.05) is 6.42 Å². The Morgan fingerprint density at radius 3 is 2.71 bits per heavy atom. The fourth-order valence-corrected chi connectivity index (χ4v) is 0.190. The number of carbonyl (C=O) groups is 1. The topological polar surface area (TPSA) is 46.2 Å². The van der Waals surface area contributed by atoms with Crippen LogP contribution in [-0.2, 0) is 14.6 Å². The highest BCUT2D eigenvalue weighted by Crippen LogP contribution is 1.74. The lowest BCUT2D eigenvalue weighted by Crippen LogP contribution is -1.92. The zero-order chi connectivity index (χ0) is 5.54. The van der Waals surface area contributed by atoms with Crippen LogP contribution < -0.4 is 0 Å². The Bertz CT molecular complexity index is 44.2. The Balaban J connectivity index is 2.56. The van der Waals surface area contributed by atoms with Crippen LogP contribution in [0.4, 0.5) is 0 Å². The number of ether oxygens (including phenoxy) is 1. The maximum Gasteiger partial charge on any atom is 0.293 e.